The van der Waals surface area contributed by atoms with Crippen LogP contribution in [0.1, 0.15) is 25.8 Å². The highest BCUT2D eigenvalue weighted by molar-refractivity contribution is 5.87. The first-order chi connectivity index (χ1) is 10.0. The predicted octanol–water partition coefficient (Wildman–Crippen LogP) is 1.95. The molecule has 0 aliphatic heterocycles. The third-order valence-electron chi connectivity index (χ3n) is 3.86. The molecule has 0 unspecified atom stereocenters. The van der Waals surface area contributed by atoms with E-state index in [1.54, 1.807) is 17.0 Å². The van der Waals surface area contributed by atoms with Gasteiger partial charge in [-0.2, -0.15) is 0 Å². The smallest absolute Gasteiger partial charge is 0.239 e. The standard InChI is InChI=1S/C16H21FN2O2/c1-3-19(16(21)14-8-11(14)2)10-15(20)18-9-12-4-6-13(17)7-5-12/h4-7,11,14H,3,8-10H2,1-2H3,(H,18,20)/t11-,14-/m1/s1. The SMILES string of the molecule is CCN(CC(=O)NCc1ccc(F)cc1)C(=O)[C@@H]1C[C@H]1C. The van der Waals surface area contributed by atoms with Crippen molar-refractivity contribution in [2.75, 3.05) is 13.1 Å². The molecule has 0 spiro atoms. The Bertz CT molecular complexity index is 516. The molecular weight excluding hydrogens is 271 g/mol. The average molecular weight is 292 g/mol. The van der Waals surface area contributed by atoms with Gasteiger partial charge < -0.3 is 10.2 Å². The molecule has 1 N–H and O–H groups in total. The molecule has 1 aliphatic carbocycles. The fourth-order valence-corrected chi connectivity index (χ4v) is 2.28. The average Bonchev–Trinajstić information content (AvgIpc) is 3.20. The zero-order chi connectivity index (χ0) is 15.4. The first kappa shape index (κ1) is 15.5. The van der Waals surface area contributed by atoms with Crippen molar-refractivity contribution in [1.82, 2.24) is 10.2 Å². The monoisotopic (exact) mass is 292 g/mol. The number of nitrogens with zero attached hydrogens (tertiary/aromatic N) is 1. The highest BCUT2D eigenvalue weighted by Crippen LogP contribution is 2.39. The maximum absolute atomic E-state index is 12.8. The van der Waals surface area contributed by atoms with E-state index >= 15 is 0 Å². The van der Waals surface area contributed by atoms with E-state index in [-0.39, 0.29) is 30.1 Å². The molecule has 1 aromatic carbocycles. The lowest BCUT2D eigenvalue weighted by Gasteiger charge is -2.20. The van der Waals surface area contributed by atoms with E-state index in [4.69, 9.17) is 0 Å². The van der Waals surface area contributed by atoms with Gasteiger partial charge in [0.25, 0.3) is 0 Å². The van der Waals surface area contributed by atoms with Crippen molar-refractivity contribution in [2.24, 2.45) is 11.8 Å². The minimum atomic E-state index is -0.300. The van der Waals surface area contributed by atoms with Crippen LogP contribution < -0.4 is 5.32 Å². The third-order valence-corrected chi connectivity index (χ3v) is 3.86. The number of halogens is 1. The topological polar surface area (TPSA) is 49.4 Å². The summed E-state index contributed by atoms with van der Waals surface area (Å²) in [6.45, 7) is 4.87. The lowest BCUT2D eigenvalue weighted by atomic mass is 10.2. The molecule has 1 fully saturated rings. The van der Waals surface area contributed by atoms with Crippen LogP contribution in [0.5, 0.6) is 0 Å². The second kappa shape index (κ2) is 6.70. The van der Waals surface area contributed by atoms with E-state index in [2.05, 4.69) is 5.32 Å². The number of hydrogen-bond donors (Lipinski definition) is 1. The number of benzene rings is 1. The van der Waals surface area contributed by atoms with Crippen molar-refractivity contribution in [3.63, 3.8) is 0 Å². The summed E-state index contributed by atoms with van der Waals surface area (Å²) in [5.74, 6) is 0.111. The molecule has 0 saturated heterocycles. The molecule has 0 aromatic heterocycles. The van der Waals surface area contributed by atoms with E-state index in [0.717, 1.165) is 12.0 Å². The summed E-state index contributed by atoms with van der Waals surface area (Å²) in [4.78, 5) is 25.6. The van der Waals surface area contributed by atoms with Gasteiger partial charge in [-0.05, 0) is 37.0 Å². The van der Waals surface area contributed by atoms with Crippen LogP contribution in [-0.2, 0) is 16.1 Å². The van der Waals surface area contributed by atoms with Gasteiger partial charge in [0.15, 0.2) is 0 Å². The molecule has 114 valence electrons. The van der Waals surface area contributed by atoms with Crippen LogP contribution in [-0.4, -0.2) is 29.8 Å². The van der Waals surface area contributed by atoms with Crippen LogP contribution >= 0.6 is 0 Å². The fourth-order valence-electron chi connectivity index (χ4n) is 2.28. The predicted molar refractivity (Wildman–Crippen MR) is 77.8 cm³/mol. The Morgan fingerprint density at radius 3 is 2.48 bits per heavy atom. The largest absolute Gasteiger partial charge is 0.350 e. The zero-order valence-electron chi connectivity index (χ0n) is 12.4. The Morgan fingerprint density at radius 2 is 1.95 bits per heavy atom. The van der Waals surface area contributed by atoms with E-state index in [0.29, 0.717) is 19.0 Å². The summed E-state index contributed by atoms with van der Waals surface area (Å²) in [5.41, 5.74) is 0.829. The molecule has 0 bridgehead atoms. The molecule has 5 heteroatoms. The lowest BCUT2D eigenvalue weighted by Crippen LogP contribution is -2.41. The molecular formula is C16H21FN2O2. The van der Waals surface area contributed by atoms with Crippen LogP contribution in [0.4, 0.5) is 4.39 Å². The summed E-state index contributed by atoms with van der Waals surface area (Å²) < 4.78 is 12.8. The van der Waals surface area contributed by atoms with Gasteiger partial charge in [0.2, 0.25) is 11.8 Å². The van der Waals surface area contributed by atoms with Gasteiger partial charge in [0.1, 0.15) is 5.82 Å². The van der Waals surface area contributed by atoms with Crippen molar-refractivity contribution in [2.45, 2.75) is 26.8 Å². The summed E-state index contributed by atoms with van der Waals surface area (Å²) >= 11 is 0. The number of nitrogens with one attached hydrogen (secondary N) is 1. The molecule has 1 saturated carbocycles. The minimum absolute atomic E-state index is 0.0712. The lowest BCUT2D eigenvalue weighted by molar-refractivity contribution is -0.137. The van der Waals surface area contributed by atoms with Crippen molar-refractivity contribution in [3.8, 4) is 0 Å². The Kier molecular flexibility index (Phi) is 4.94. The Hall–Kier alpha value is -1.91. The van der Waals surface area contributed by atoms with E-state index < -0.39 is 0 Å². The Morgan fingerprint density at radius 1 is 1.33 bits per heavy atom. The van der Waals surface area contributed by atoms with Gasteiger partial charge in [0, 0.05) is 19.0 Å². The second-order valence-corrected chi connectivity index (χ2v) is 5.58. The number of carbonyl (C=O) groups excluding carboxylic acids is 2. The van der Waals surface area contributed by atoms with Crippen LogP contribution in [0.25, 0.3) is 0 Å². The second-order valence-electron chi connectivity index (χ2n) is 5.58. The van der Waals surface area contributed by atoms with Crippen LogP contribution in [0.3, 0.4) is 0 Å². The molecule has 1 aliphatic rings. The summed E-state index contributed by atoms with van der Waals surface area (Å²) in [6.07, 6.45) is 0.923. The highest BCUT2D eigenvalue weighted by Gasteiger charge is 2.41. The van der Waals surface area contributed by atoms with Crippen molar-refractivity contribution < 1.29 is 14.0 Å². The summed E-state index contributed by atoms with van der Waals surface area (Å²) in [5, 5.41) is 2.75. The molecule has 4 nitrogen and oxygen atoms in total. The number of amides is 2. The van der Waals surface area contributed by atoms with Gasteiger partial charge in [-0.15, -0.1) is 0 Å². The third kappa shape index (κ3) is 4.28. The van der Waals surface area contributed by atoms with Crippen LogP contribution in [0.2, 0.25) is 0 Å². The molecule has 0 radical (unpaired) electrons. The maximum Gasteiger partial charge on any atom is 0.239 e. The molecule has 2 atom stereocenters. The van der Waals surface area contributed by atoms with Crippen molar-refractivity contribution in [1.29, 1.82) is 0 Å². The highest BCUT2D eigenvalue weighted by atomic mass is 19.1. The normalized spacial score (nSPS) is 20.0. The van der Waals surface area contributed by atoms with E-state index in [1.807, 2.05) is 13.8 Å². The van der Waals surface area contributed by atoms with Crippen molar-refractivity contribution >= 4 is 11.8 Å². The van der Waals surface area contributed by atoms with Crippen LogP contribution in [0, 0.1) is 17.7 Å². The van der Waals surface area contributed by atoms with Crippen LogP contribution in [0.15, 0.2) is 24.3 Å². The van der Waals surface area contributed by atoms with E-state index in [1.165, 1.54) is 12.1 Å². The Labute approximate surface area is 124 Å². The summed E-state index contributed by atoms with van der Waals surface area (Å²) in [6, 6.07) is 5.98. The van der Waals surface area contributed by atoms with Gasteiger partial charge >= 0.3 is 0 Å². The first-order valence-electron chi connectivity index (χ1n) is 7.31. The maximum atomic E-state index is 12.8. The molecule has 2 rings (SSSR count). The molecule has 0 heterocycles. The number of rotatable bonds is 6. The minimum Gasteiger partial charge on any atom is -0.350 e. The number of carbonyl (C=O) groups is 2. The van der Waals surface area contributed by atoms with Gasteiger partial charge in [0.05, 0.1) is 6.54 Å². The van der Waals surface area contributed by atoms with Gasteiger partial charge in [-0.1, -0.05) is 19.1 Å². The molecule has 21 heavy (non-hydrogen) atoms. The van der Waals surface area contributed by atoms with Gasteiger partial charge in [-0.3, -0.25) is 9.59 Å². The Balaban J connectivity index is 1.80. The van der Waals surface area contributed by atoms with Crippen molar-refractivity contribution in [3.05, 3.63) is 35.6 Å². The quantitative estimate of drug-likeness (QED) is 0.871. The fraction of sp³-hybridized carbons (Fsp3) is 0.500. The first-order valence-corrected chi connectivity index (χ1v) is 7.31. The number of likely N-dealkylation sites (N-methyl/N-ethyl adjacent to an activating group) is 1. The van der Waals surface area contributed by atoms with E-state index in [9.17, 15) is 14.0 Å². The summed E-state index contributed by atoms with van der Waals surface area (Å²) in [7, 11) is 0. The zero-order valence-corrected chi connectivity index (χ0v) is 12.4. The molecule has 2 amide bonds. The molecule has 1 aromatic rings. The van der Waals surface area contributed by atoms with Gasteiger partial charge in [-0.25, -0.2) is 4.39 Å². The number of hydrogen-bond acceptors (Lipinski definition) is 2.